The number of amides is 2. The number of esters is 1. The lowest BCUT2D eigenvalue weighted by molar-refractivity contribution is -0.138. The molecule has 2 rings (SSSR count). The molecule has 9 heteroatoms. The predicted molar refractivity (Wildman–Crippen MR) is 116 cm³/mol. The number of hydrogen-bond donors (Lipinski definition) is 0. The van der Waals surface area contributed by atoms with Crippen LogP contribution < -0.4 is 9.64 Å². The highest BCUT2D eigenvalue weighted by Crippen LogP contribution is 2.35. The van der Waals surface area contributed by atoms with Gasteiger partial charge in [-0.05, 0) is 45.6 Å². The monoisotopic (exact) mass is 469 g/mol. The topological polar surface area (TPSA) is 72.9 Å². The van der Waals surface area contributed by atoms with E-state index in [0.29, 0.717) is 17.7 Å². The minimum atomic E-state index is -0.916. The van der Waals surface area contributed by atoms with Crippen molar-refractivity contribution in [1.29, 1.82) is 0 Å². The number of rotatable bonds is 7. The third-order valence-electron chi connectivity index (χ3n) is 4.43. The van der Waals surface area contributed by atoms with Gasteiger partial charge in [0.05, 0.1) is 16.8 Å². The largest absolute Gasteiger partial charge is 0.489 e. The number of terminal acetylenes is 1. The number of nitrogens with zero attached hydrogens (tertiary/aromatic N) is 1. The second kappa shape index (κ2) is 11.2. The summed E-state index contributed by atoms with van der Waals surface area (Å²) in [5.74, 6) is -1.67. The smallest absolute Gasteiger partial charge is 0.335 e. The zero-order valence-corrected chi connectivity index (χ0v) is 18.7. The number of carbonyl (C=O) groups excluding carboxylic acids is 3. The highest BCUT2D eigenvalue weighted by molar-refractivity contribution is 6.35. The van der Waals surface area contributed by atoms with Gasteiger partial charge in [-0.15, -0.1) is 18.0 Å². The van der Waals surface area contributed by atoms with Crippen LogP contribution in [0.2, 0.25) is 5.02 Å². The van der Waals surface area contributed by atoms with Gasteiger partial charge in [-0.1, -0.05) is 17.5 Å². The molecule has 0 aromatic heterocycles. The highest BCUT2D eigenvalue weighted by Gasteiger charge is 2.33. The Bertz CT molecular complexity index is 952. The van der Waals surface area contributed by atoms with Gasteiger partial charge in [0.2, 0.25) is 5.91 Å². The Kier molecular flexibility index (Phi) is 8.90. The van der Waals surface area contributed by atoms with E-state index in [1.807, 2.05) is 0 Å². The lowest BCUT2D eigenvalue weighted by Crippen LogP contribution is -2.40. The Labute approximate surface area is 190 Å². The van der Waals surface area contributed by atoms with Crippen molar-refractivity contribution in [2.75, 3.05) is 17.4 Å². The lowest BCUT2D eigenvalue weighted by atomic mass is 9.90. The summed E-state index contributed by atoms with van der Waals surface area (Å²) in [5, 5.41) is -0.0175. The van der Waals surface area contributed by atoms with Crippen LogP contribution >= 0.6 is 23.2 Å². The average molecular weight is 470 g/mol. The van der Waals surface area contributed by atoms with E-state index in [0.717, 1.165) is 6.07 Å². The number of imide groups is 1. The standard InChI is InChI=1S/C22H22Cl2FNO5/c1-4-9-30-22(29)15-8-6-5-7-14(15)21(28)26(20(27)12-23)18-11-19(31-13(2)3)16(24)10-17(18)25/h1,10-11,13H,5-9,12H2,2-3H3. The molecule has 0 atom stereocenters. The molecule has 0 bridgehead atoms. The van der Waals surface area contributed by atoms with Crippen LogP contribution in [0.15, 0.2) is 23.3 Å². The Balaban J connectivity index is 2.57. The summed E-state index contributed by atoms with van der Waals surface area (Å²) in [6.07, 6.45) is 6.59. The molecule has 1 aliphatic carbocycles. The first-order valence-corrected chi connectivity index (χ1v) is 10.5. The molecule has 0 aliphatic heterocycles. The van der Waals surface area contributed by atoms with Gasteiger partial charge in [0.15, 0.2) is 6.61 Å². The van der Waals surface area contributed by atoms with E-state index in [1.165, 1.54) is 6.07 Å². The number of hydrogen-bond acceptors (Lipinski definition) is 5. The SMILES string of the molecule is C#CCOC(=O)C1=C(C(=O)N(C(=O)CCl)c2cc(OC(C)C)c(Cl)cc2F)CCCC1. The van der Waals surface area contributed by atoms with Gasteiger partial charge in [-0.25, -0.2) is 14.1 Å². The fourth-order valence-electron chi connectivity index (χ4n) is 3.15. The zero-order valence-electron chi connectivity index (χ0n) is 17.2. The zero-order chi connectivity index (χ0) is 23.1. The number of ether oxygens (including phenoxy) is 2. The van der Waals surface area contributed by atoms with Crippen LogP contribution in [0.1, 0.15) is 39.5 Å². The first kappa shape index (κ1) is 24.7. The average Bonchev–Trinajstić information content (AvgIpc) is 2.74. The molecule has 0 N–H and O–H groups in total. The lowest BCUT2D eigenvalue weighted by Gasteiger charge is -2.26. The Morgan fingerprint density at radius 2 is 1.87 bits per heavy atom. The van der Waals surface area contributed by atoms with E-state index in [2.05, 4.69) is 5.92 Å². The molecule has 6 nitrogen and oxygen atoms in total. The minimum Gasteiger partial charge on any atom is -0.489 e. The first-order chi connectivity index (χ1) is 14.7. The van der Waals surface area contributed by atoms with E-state index >= 15 is 0 Å². The summed E-state index contributed by atoms with van der Waals surface area (Å²) in [4.78, 5) is 38.9. The normalized spacial score (nSPS) is 13.6. The van der Waals surface area contributed by atoms with E-state index in [1.54, 1.807) is 13.8 Å². The molecule has 0 unspecified atom stereocenters. The Morgan fingerprint density at radius 1 is 1.23 bits per heavy atom. The van der Waals surface area contributed by atoms with Crippen molar-refractivity contribution in [3.63, 3.8) is 0 Å². The molecule has 1 aromatic carbocycles. The van der Waals surface area contributed by atoms with E-state index < -0.39 is 29.5 Å². The van der Waals surface area contributed by atoms with Crippen molar-refractivity contribution in [2.24, 2.45) is 0 Å². The fourth-order valence-corrected chi connectivity index (χ4v) is 3.46. The van der Waals surface area contributed by atoms with E-state index in [4.69, 9.17) is 39.1 Å². The van der Waals surface area contributed by atoms with Crippen molar-refractivity contribution in [3.8, 4) is 18.1 Å². The highest BCUT2D eigenvalue weighted by atomic mass is 35.5. The molecular weight excluding hydrogens is 448 g/mol. The number of carbonyl (C=O) groups is 3. The molecule has 0 radical (unpaired) electrons. The molecule has 1 aromatic rings. The number of benzene rings is 1. The summed E-state index contributed by atoms with van der Waals surface area (Å²) in [6.45, 7) is 3.23. The maximum atomic E-state index is 14.8. The van der Waals surface area contributed by atoms with Gasteiger partial charge in [0.1, 0.15) is 17.4 Å². The second-order valence-electron chi connectivity index (χ2n) is 7.01. The molecule has 0 heterocycles. The summed E-state index contributed by atoms with van der Waals surface area (Å²) in [7, 11) is 0. The van der Waals surface area contributed by atoms with Crippen LogP contribution in [-0.2, 0) is 19.1 Å². The minimum absolute atomic E-state index is 0.0175. The number of anilines is 1. The van der Waals surface area contributed by atoms with Crippen molar-refractivity contribution < 1.29 is 28.2 Å². The molecule has 0 spiro atoms. The van der Waals surface area contributed by atoms with Crippen molar-refractivity contribution in [1.82, 2.24) is 0 Å². The van der Waals surface area contributed by atoms with Gasteiger partial charge >= 0.3 is 5.97 Å². The van der Waals surface area contributed by atoms with Gasteiger partial charge in [0.25, 0.3) is 5.91 Å². The summed E-state index contributed by atoms with van der Waals surface area (Å²) >= 11 is 11.7. The Hall–Kier alpha value is -2.56. The van der Waals surface area contributed by atoms with Crippen LogP contribution in [0.3, 0.4) is 0 Å². The van der Waals surface area contributed by atoms with Gasteiger partial charge in [-0.2, -0.15) is 0 Å². The predicted octanol–water partition coefficient (Wildman–Crippen LogP) is 4.41. The number of halogens is 3. The van der Waals surface area contributed by atoms with Crippen LogP contribution in [-0.4, -0.2) is 36.4 Å². The third kappa shape index (κ3) is 5.99. The summed E-state index contributed by atoms with van der Waals surface area (Å²) in [6, 6.07) is 2.12. The Morgan fingerprint density at radius 3 is 2.45 bits per heavy atom. The van der Waals surface area contributed by atoms with Crippen LogP contribution in [0.4, 0.5) is 10.1 Å². The van der Waals surface area contributed by atoms with Crippen molar-refractivity contribution >= 4 is 46.7 Å². The van der Waals surface area contributed by atoms with Crippen molar-refractivity contribution in [3.05, 3.63) is 34.1 Å². The van der Waals surface area contributed by atoms with Crippen LogP contribution in [0.5, 0.6) is 5.75 Å². The van der Waals surface area contributed by atoms with Gasteiger partial charge < -0.3 is 9.47 Å². The molecule has 166 valence electrons. The van der Waals surface area contributed by atoms with E-state index in [-0.39, 0.29) is 53.2 Å². The summed E-state index contributed by atoms with van der Waals surface area (Å²) in [5.41, 5.74) is -0.190. The third-order valence-corrected chi connectivity index (χ3v) is 4.95. The maximum Gasteiger partial charge on any atom is 0.335 e. The molecule has 0 saturated heterocycles. The molecular formula is C22H22Cl2FNO5. The number of alkyl halides is 1. The van der Waals surface area contributed by atoms with Crippen LogP contribution in [0.25, 0.3) is 0 Å². The molecule has 2 amide bonds. The maximum absolute atomic E-state index is 14.8. The van der Waals surface area contributed by atoms with E-state index in [9.17, 15) is 18.8 Å². The molecule has 31 heavy (non-hydrogen) atoms. The summed E-state index contributed by atoms with van der Waals surface area (Å²) < 4.78 is 25.3. The van der Waals surface area contributed by atoms with Crippen molar-refractivity contribution in [2.45, 2.75) is 45.6 Å². The molecule has 0 saturated carbocycles. The van der Waals surface area contributed by atoms with Gasteiger partial charge in [-0.3, -0.25) is 9.59 Å². The molecule has 0 fully saturated rings. The fraction of sp³-hybridized carbons (Fsp3) is 0.409. The first-order valence-electron chi connectivity index (χ1n) is 9.62. The molecule has 1 aliphatic rings. The van der Waals surface area contributed by atoms with Gasteiger partial charge in [0, 0.05) is 17.2 Å². The quantitative estimate of drug-likeness (QED) is 0.335. The second-order valence-corrected chi connectivity index (χ2v) is 7.69. The van der Waals surface area contributed by atoms with Crippen LogP contribution in [0, 0.1) is 18.2 Å².